The number of nitrogens with zero attached hydrogens (tertiary/aromatic N) is 4. The number of amides is 1. The van der Waals surface area contributed by atoms with Crippen LogP contribution in [0.1, 0.15) is 31.0 Å². The van der Waals surface area contributed by atoms with Crippen molar-refractivity contribution in [2.75, 3.05) is 26.2 Å². The molecule has 2 aliphatic heterocycles. The molecule has 0 spiro atoms. The van der Waals surface area contributed by atoms with Gasteiger partial charge >= 0.3 is 0 Å². The van der Waals surface area contributed by atoms with Crippen LogP contribution in [0.3, 0.4) is 0 Å². The van der Waals surface area contributed by atoms with Crippen molar-refractivity contribution in [3.05, 3.63) is 41.8 Å². The minimum Gasteiger partial charge on any atom is -0.592 e. The molecule has 1 N–H and O–H groups in total. The molecule has 2 saturated heterocycles. The van der Waals surface area contributed by atoms with Gasteiger partial charge in [-0.3, -0.25) is 9.78 Å². The third-order valence-electron chi connectivity index (χ3n) is 6.01. The fraction of sp³-hybridized carbons (Fsp3) is 0.450. The molecular formula is C20H23N5O3S2. The second kappa shape index (κ2) is 7.84. The number of carbonyl (C=O) groups is 1. The Morgan fingerprint density at radius 1 is 1.27 bits per heavy atom. The summed E-state index contributed by atoms with van der Waals surface area (Å²) in [4.78, 5) is 27.1. The van der Waals surface area contributed by atoms with Crippen LogP contribution >= 0.6 is 11.3 Å². The molecule has 8 nitrogen and oxygen atoms in total. The average molecular weight is 446 g/mol. The molecule has 0 saturated carbocycles. The van der Waals surface area contributed by atoms with Gasteiger partial charge in [-0.1, -0.05) is 15.5 Å². The second-order valence-corrected chi connectivity index (χ2v) is 11.0. The third-order valence-corrected chi connectivity index (χ3v) is 9.25. The fourth-order valence-electron chi connectivity index (χ4n) is 4.41. The van der Waals surface area contributed by atoms with Gasteiger partial charge in [0, 0.05) is 37.8 Å². The van der Waals surface area contributed by atoms with Crippen molar-refractivity contribution in [2.24, 2.45) is 5.92 Å². The molecular weight excluding hydrogens is 422 g/mol. The second-order valence-electron chi connectivity index (χ2n) is 7.92. The van der Waals surface area contributed by atoms with Crippen molar-refractivity contribution in [2.45, 2.75) is 29.4 Å². The van der Waals surface area contributed by atoms with Crippen LogP contribution in [-0.4, -0.2) is 60.8 Å². The number of rotatable bonds is 4. The van der Waals surface area contributed by atoms with E-state index in [2.05, 4.69) is 15.0 Å². The summed E-state index contributed by atoms with van der Waals surface area (Å²) in [5, 5.41) is 1.76. The number of pyridine rings is 1. The van der Waals surface area contributed by atoms with Gasteiger partial charge in [0.05, 0.1) is 29.7 Å². The topological polar surface area (TPSA) is 105 Å². The van der Waals surface area contributed by atoms with Gasteiger partial charge in [0.25, 0.3) is 0 Å². The zero-order valence-electron chi connectivity index (χ0n) is 16.4. The Balaban J connectivity index is 1.26. The highest BCUT2D eigenvalue weighted by molar-refractivity contribution is 7.97. The van der Waals surface area contributed by atoms with Gasteiger partial charge in [-0.25, -0.2) is 4.98 Å². The number of piperidine rings is 1. The predicted molar refractivity (Wildman–Crippen MR) is 114 cm³/mol. The molecule has 10 heteroatoms. The average Bonchev–Trinajstić information content (AvgIpc) is 3.53. The number of aromatic nitrogens is 3. The van der Waals surface area contributed by atoms with Crippen molar-refractivity contribution in [1.82, 2.24) is 24.2 Å². The molecule has 3 unspecified atom stereocenters. The Morgan fingerprint density at radius 2 is 2.17 bits per heavy atom. The number of H-pyrrole nitrogens is 1. The molecule has 30 heavy (non-hydrogen) atoms. The van der Waals surface area contributed by atoms with Crippen molar-refractivity contribution in [1.29, 1.82) is 0 Å². The molecule has 5 heterocycles. The largest absolute Gasteiger partial charge is 0.592 e. The van der Waals surface area contributed by atoms with E-state index < -0.39 is 10.4 Å². The van der Waals surface area contributed by atoms with Crippen LogP contribution in [0.4, 0.5) is 0 Å². The van der Waals surface area contributed by atoms with E-state index in [0.29, 0.717) is 30.3 Å². The van der Waals surface area contributed by atoms with Crippen molar-refractivity contribution in [3.8, 4) is 0 Å². The Labute approximate surface area is 179 Å². The number of carbonyl (C=O) groups excluding carboxylic acids is 1. The first-order chi connectivity index (χ1) is 14.5. The summed E-state index contributed by atoms with van der Waals surface area (Å²) in [5.41, 5.74) is 1.78. The number of hydrogen-bond donors (Lipinski definition) is 1. The zero-order valence-corrected chi connectivity index (χ0v) is 18.0. The quantitative estimate of drug-likeness (QED) is 0.622. The zero-order chi connectivity index (χ0) is 20.7. The van der Waals surface area contributed by atoms with Crippen LogP contribution in [-0.2, 0) is 19.4 Å². The summed E-state index contributed by atoms with van der Waals surface area (Å²) in [6.45, 7) is 2.02. The number of likely N-dealkylation sites (tertiary alicyclic amines) is 1. The maximum Gasteiger partial charge on any atom is 0.229 e. The minimum absolute atomic E-state index is 0.0568. The summed E-state index contributed by atoms with van der Waals surface area (Å²) in [7, 11) is -3.52. The van der Waals surface area contributed by atoms with Crippen LogP contribution in [0.5, 0.6) is 0 Å². The Morgan fingerprint density at radius 3 is 2.97 bits per heavy atom. The van der Waals surface area contributed by atoms with Gasteiger partial charge in [0.1, 0.15) is 5.82 Å². The van der Waals surface area contributed by atoms with Gasteiger partial charge in [0.15, 0.2) is 10.4 Å². The minimum atomic E-state index is -3.52. The van der Waals surface area contributed by atoms with Crippen LogP contribution in [0.15, 0.2) is 40.2 Å². The lowest BCUT2D eigenvalue weighted by atomic mass is 9.98. The first kappa shape index (κ1) is 19.8. The maximum absolute atomic E-state index is 13.2. The lowest BCUT2D eigenvalue weighted by Gasteiger charge is -2.34. The van der Waals surface area contributed by atoms with E-state index in [0.717, 1.165) is 29.7 Å². The van der Waals surface area contributed by atoms with Crippen LogP contribution in [0.2, 0.25) is 0 Å². The van der Waals surface area contributed by atoms with E-state index in [1.807, 2.05) is 11.0 Å². The highest BCUT2D eigenvalue weighted by Gasteiger charge is 2.40. The molecule has 2 fully saturated rings. The summed E-state index contributed by atoms with van der Waals surface area (Å²) in [5.74, 6) is 0.822. The Hall–Kier alpha value is -2.14. The summed E-state index contributed by atoms with van der Waals surface area (Å²) < 4.78 is 27.5. The van der Waals surface area contributed by atoms with Crippen molar-refractivity contribution >= 4 is 38.7 Å². The number of fused-ring (bicyclic) bond motifs is 1. The molecule has 0 radical (unpaired) electrons. The molecule has 158 valence electrons. The van der Waals surface area contributed by atoms with E-state index in [1.165, 1.54) is 15.6 Å². The highest BCUT2D eigenvalue weighted by Crippen LogP contribution is 2.33. The molecule has 5 rings (SSSR count). The first-order valence-electron chi connectivity index (χ1n) is 10.1. The first-order valence-corrected chi connectivity index (χ1v) is 12.5. The number of thiophene rings is 1. The number of aromatic amines is 1. The summed E-state index contributed by atoms with van der Waals surface area (Å²) in [6.07, 6.45) is 5.76. The van der Waals surface area contributed by atoms with Gasteiger partial charge < -0.3 is 14.4 Å². The highest BCUT2D eigenvalue weighted by atomic mass is 32.3. The van der Waals surface area contributed by atoms with E-state index in [-0.39, 0.29) is 24.3 Å². The molecule has 2 aliphatic rings. The summed E-state index contributed by atoms with van der Waals surface area (Å²) >= 11 is 1.22. The molecule has 0 bridgehead atoms. The van der Waals surface area contributed by atoms with Crippen molar-refractivity contribution < 1.29 is 13.6 Å². The number of imidazole rings is 1. The van der Waals surface area contributed by atoms with E-state index >= 15 is 0 Å². The van der Waals surface area contributed by atoms with Gasteiger partial charge in [-0.15, -0.1) is 4.31 Å². The molecule has 1 amide bonds. The van der Waals surface area contributed by atoms with Gasteiger partial charge in [0.2, 0.25) is 10.1 Å². The number of hydrogen-bond acceptors (Lipinski definition) is 6. The smallest absolute Gasteiger partial charge is 0.229 e. The summed E-state index contributed by atoms with van der Waals surface area (Å²) in [6, 6.07) is 5.24. The SMILES string of the molecule is O=C(C1CCCN([S+](=O)([O-])c2cccs2)C1)N1CCC(c2nc3ccncc3[nH]2)C1. The normalized spacial score (nSPS) is 24.9. The van der Waals surface area contributed by atoms with E-state index in [4.69, 9.17) is 0 Å². The lowest BCUT2D eigenvalue weighted by molar-refractivity contribution is -0.135. The monoisotopic (exact) mass is 445 g/mol. The molecule has 3 aromatic heterocycles. The Kier molecular flexibility index (Phi) is 5.18. The molecule has 3 atom stereocenters. The van der Waals surface area contributed by atoms with E-state index in [9.17, 15) is 13.6 Å². The van der Waals surface area contributed by atoms with Crippen LogP contribution in [0.25, 0.3) is 11.0 Å². The van der Waals surface area contributed by atoms with Gasteiger partial charge in [-0.05, 0) is 36.8 Å². The molecule has 3 aromatic rings. The predicted octanol–water partition coefficient (Wildman–Crippen LogP) is 2.65. The molecule has 0 aliphatic carbocycles. The number of sulfonamides is 1. The number of nitrogens with one attached hydrogen (secondary N) is 1. The van der Waals surface area contributed by atoms with Crippen LogP contribution in [0, 0.1) is 5.92 Å². The van der Waals surface area contributed by atoms with E-state index in [1.54, 1.807) is 29.9 Å². The standard InChI is InChI=1S/C20H23N5O3S2/c26-20(15-3-1-8-25(13-15)30(27,28)18-4-2-10-29-18)24-9-6-14(12-24)19-22-16-5-7-21-11-17(16)23-19/h2,4-5,7,10-11,14-15H,1,3,6,8-9,12-13H2,(H-,21,22,23,27,28). The van der Waals surface area contributed by atoms with Gasteiger partial charge in [-0.2, -0.15) is 0 Å². The fourth-order valence-corrected chi connectivity index (χ4v) is 7.08. The Bertz CT molecular complexity index is 1070. The van der Waals surface area contributed by atoms with Crippen LogP contribution < -0.4 is 0 Å². The van der Waals surface area contributed by atoms with Crippen molar-refractivity contribution in [3.63, 3.8) is 0 Å². The molecule has 0 aromatic carbocycles. The lowest BCUT2D eigenvalue weighted by Crippen LogP contribution is -2.48. The maximum atomic E-state index is 13.2. The third kappa shape index (κ3) is 3.58.